The van der Waals surface area contributed by atoms with Gasteiger partial charge < -0.3 is 0 Å². The zero-order chi connectivity index (χ0) is 21.4. The average molecular weight is 377 g/mol. The summed E-state index contributed by atoms with van der Waals surface area (Å²) >= 11 is 0. The lowest BCUT2D eigenvalue weighted by Crippen LogP contribution is -1.91. The molecule has 0 aromatic heterocycles. The Bertz CT molecular complexity index is 650. The standard InChI is InChI=1S/C22H22.3C2H6/c1-17-3-7-19(8-4-17)15-21-11-13-22(14-12-21)16-20-9-5-18(2)6-10-20;3*1-2/h3-14H,15-16H2,1-2H3;3*1-2H3. The van der Waals surface area contributed by atoms with Gasteiger partial charge in [-0.05, 0) is 48.9 Å². The number of aryl methyl sites for hydroxylation is 2. The van der Waals surface area contributed by atoms with Crippen molar-refractivity contribution in [1.82, 2.24) is 0 Å². The molecule has 0 aliphatic rings. The van der Waals surface area contributed by atoms with Gasteiger partial charge in [0.2, 0.25) is 0 Å². The largest absolute Gasteiger partial charge is 0.0683 e. The zero-order valence-electron chi connectivity index (χ0n) is 19.3. The van der Waals surface area contributed by atoms with Gasteiger partial charge in [0, 0.05) is 0 Å². The third-order valence-electron chi connectivity index (χ3n) is 4.08. The van der Waals surface area contributed by atoms with E-state index in [0.29, 0.717) is 0 Å². The number of hydrogen-bond acceptors (Lipinski definition) is 0. The predicted molar refractivity (Wildman–Crippen MR) is 128 cm³/mol. The molecule has 0 fully saturated rings. The van der Waals surface area contributed by atoms with Gasteiger partial charge in [-0.3, -0.25) is 0 Å². The summed E-state index contributed by atoms with van der Waals surface area (Å²) in [5, 5.41) is 0. The van der Waals surface area contributed by atoms with Crippen molar-refractivity contribution in [2.75, 3.05) is 0 Å². The highest BCUT2D eigenvalue weighted by Crippen LogP contribution is 2.15. The monoisotopic (exact) mass is 376 g/mol. The molecule has 0 saturated heterocycles. The van der Waals surface area contributed by atoms with Crippen molar-refractivity contribution in [3.05, 3.63) is 106 Å². The first-order valence-electron chi connectivity index (χ1n) is 10.9. The van der Waals surface area contributed by atoms with Gasteiger partial charge >= 0.3 is 0 Å². The fourth-order valence-corrected chi connectivity index (χ4v) is 2.66. The van der Waals surface area contributed by atoms with Crippen LogP contribution in [-0.2, 0) is 12.8 Å². The van der Waals surface area contributed by atoms with E-state index < -0.39 is 0 Å². The van der Waals surface area contributed by atoms with Gasteiger partial charge in [-0.1, -0.05) is 125 Å². The van der Waals surface area contributed by atoms with Crippen molar-refractivity contribution in [3.8, 4) is 0 Å². The Morgan fingerprint density at radius 1 is 0.357 bits per heavy atom. The molecule has 0 aliphatic carbocycles. The van der Waals surface area contributed by atoms with E-state index >= 15 is 0 Å². The predicted octanol–water partition coefficient (Wildman–Crippen LogP) is 8.56. The molecule has 0 atom stereocenters. The first-order chi connectivity index (χ1) is 13.7. The Labute approximate surface area is 174 Å². The van der Waals surface area contributed by atoms with E-state index in [-0.39, 0.29) is 0 Å². The van der Waals surface area contributed by atoms with Crippen LogP contribution in [0.5, 0.6) is 0 Å². The van der Waals surface area contributed by atoms with Gasteiger partial charge in [0.25, 0.3) is 0 Å². The summed E-state index contributed by atoms with van der Waals surface area (Å²) in [6, 6.07) is 26.6. The molecule has 0 N–H and O–H groups in total. The van der Waals surface area contributed by atoms with Gasteiger partial charge in [0.1, 0.15) is 0 Å². The molecule has 3 aromatic rings. The summed E-state index contributed by atoms with van der Waals surface area (Å²) < 4.78 is 0. The Morgan fingerprint density at radius 2 is 0.536 bits per heavy atom. The maximum absolute atomic E-state index is 2.25. The van der Waals surface area contributed by atoms with Crippen LogP contribution in [0.15, 0.2) is 72.8 Å². The lowest BCUT2D eigenvalue weighted by Gasteiger charge is -2.06. The van der Waals surface area contributed by atoms with Crippen molar-refractivity contribution in [3.63, 3.8) is 0 Å². The second-order valence-electron chi connectivity index (χ2n) is 6.14. The third kappa shape index (κ3) is 9.55. The molecular weight excluding hydrogens is 336 g/mol. The van der Waals surface area contributed by atoms with Crippen LogP contribution in [-0.4, -0.2) is 0 Å². The molecule has 0 nitrogen and oxygen atoms in total. The minimum Gasteiger partial charge on any atom is -0.0683 e. The molecule has 0 heteroatoms. The van der Waals surface area contributed by atoms with Crippen LogP contribution >= 0.6 is 0 Å². The Kier molecular flexibility index (Phi) is 14.4. The molecule has 0 spiro atoms. The molecule has 0 bridgehead atoms. The first-order valence-corrected chi connectivity index (χ1v) is 10.9. The van der Waals surface area contributed by atoms with E-state index in [1.54, 1.807) is 0 Å². The molecule has 0 amide bonds. The fourth-order valence-electron chi connectivity index (χ4n) is 2.66. The highest BCUT2D eigenvalue weighted by molar-refractivity contribution is 5.33. The van der Waals surface area contributed by atoms with Crippen LogP contribution in [0.3, 0.4) is 0 Å². The van der Waals surface area contributed by atoms with E-state index in [1.807, 2.05) is 41.5 Å². The summed E-state index contributed by atoms with van der Waals surface area (Å²) in [6.07, 6.45) is 2.01. The number of benzene rings is 3. The molecule has 0 radical (unpaired) electrons. The van der Waals surface area contributed by atoms with Gasteiger partial charge in [-0.15, -0.1) is 0 Å². The van der Waals surface area contributed by atoms with E-state index in [4.69, 9.17) is 0 Å². The molecular formula is C28H40. The van der Waals surface area contributed by atoms with Crippen molar-refractivity contribution in [1.29, 1.82) is 0 Å². The zero-order valence-corrected chi connectivity index (χ0v) is 19.3. The molecule has 152 valence electrons. The SMILES string of the molecule is CC.CC.CC.Cc1ccc(Cc2ccc(Cc3ccc(C)cc3)cc2)cc1. The van der Waals surface area contributed by atoms with E-state index in [2.05, 4.69) is 86.6 Å². The summed E-state index contributed by atoms with van der Waals surface area (Å²) in [5.74, 6) is 0. The second kappa shape index (κ2) is 15.7. The number of hydrogen-bond donors (Lipinski definition) is 0. The maximum atomic E-state index is 2.25. The van der Waals surface area contributed by atoms with Crippen LogP contribution in [0.4, 0.5) is 0 Å². The molecule has 0 unspecified atom stereocenters. The highest BCUT2D eigenvalue weighted by atomic mass is 14.0. The molecule has 0 saturated carbocycles. The maximum Gasteiger partial charge on any atom is -0.00258 e. The summed E-state index contributed by atoms with van der Waals surface area (Å²) in [4.78, 5) is 0. The normalized spacial score (nSPS) is 9.00. The van der Waals surface area contributed by atoms with Gasteiger partial charge in [0.15, 0.2) is 0 Å². The third-order valence-corrected chi connectivity index (χ3v) is 4.08. The quantitative estimate of drug-likeness (QED) is 0.428. The van der Waals surface area contributed by atoms with Crippen molar-refractivity contribution in [2.24, 2.45) is 0 Å². The average Bonchev–Trinajstić information content (AvgIpc) is 2.77. The second-order valence-corrected chi connectivity index (χ2v) is 6.14. The minimum absolute atomic E-state index is 1.01. The molecule has 0 heterocycles. The summed E-state index contributed by atoms with van der Waals surface area (Å²) in [6.45, 7) is 16.3. The Balaban J connectivity index is 0.00000111. The summed E-state index contributed by atoms with van der Waals surface area (Å²) in [7, 11) is 0. The van der Waals surface area contributed by atoms with Crippen LogP contribution in [0, 0.1) is 13.8 Å². The lowest BCUT2D eigenvalue weighted by molar-refractivity contribution is 1.15. The minimum atomic E-state index is 1.01. The van der Waals surface area contributed by atoms with Crippen molar-refractivity contribution >= 4 is 0 Å². The Hall–Kier alpha value is -2.34. The van der Waals surface area contributed by atoms with E-state index in [0.717, 1.165) is 12.8 Å². The van der Waals surface area contributed by atoms with Gasteiger partial charge in [0.05, 0.1) is 0 Å². The molecule has 3 aromatic carbocycles. The van der Waals surface area contributed by atoms with E-state index in [1.165, 1.54) is 33.4 Å². The lowest BCUT2D eigenvalue weighted by atomic mass is 9.99. The van der Waals surface area contributed by atoms with Crippen LogP contribution < -0.4 is 0 Å². The van der Waals surface area contributed by atoms with Crippen molar-refractivity contribution in [2.45, 2.75) is 68.2 Å². The topological polar surface area (TPSA) is 0 Å². The number of rotatable bonds is 4. The smallest absolute Gasteiger partial charge is 0.00258 e. The Morgan fingerprint density at radius 3 is 0.750 bits per heavy atom. The molecule has 0 aliphatic heterocycles. The molecule has 28 heavy (non-hydrogen) atoms. The van der Waals surface area contributed by atoms with Crippen LogP contribution in [0.1, 0.15) is 74.9 Å². The van der Waals surface area contributed by atoms with Crippen LogP contribution in [0.2, 0.25) is 0 Å². The van der Waals surface area contributed by atoms with Gasteiger partial charge in [-0.25, -0.2) is 0 Å². The van der Waals surface area contributed by atoms with Crippen LogP contribution in [0.25, 0.3) is 0 Å². The summed E-state index contributed by atoms with van der Waals surface area (Å²) in [5.41, 5.74) is 8.12. The van der Waals surface area contributed by atoms with E-state index in [9.17, 15) is 0 Å². The first kappa shape index (κ1) is 25.7. The highest BCUT2D eigenvalue weighted by Gasteiger charge is 1.99. The fraction of sp³-hybridized carbons (Fsp3) is 0.357. The van der Waals surface area contributed by atoms with Gasteiger partial charge in [-0.2, -0.15) is 0 Å². The molecule has 3 rings (SSSR count). The van der Waals surface area contributed by atoms with Crippen molar-refractivity contribution < 1.29 is 0 Å².